The van der Waals surface area contributed by atoms with Crippen molar-refractivity contribution in [3.63, 3.8) is 0 Å². The van der Waals surface area contributed by atoms with Gasteiger partial charge >= 0.3 is 6.18 Å². The van der Waals surface area contributed by atoms with Crippen molar-refractivity contribution in [1.82, 2.24) is 0 Å². The fourth-order valence-corrected chi connectivity index (χ4v) is 1.29. The molecule has 1 rings (SSSR count). The van der Waals surface area contributed by atoms with Crippen molar-refractivity contribution in [1.29, 1.82) is 0 Å². The first-order chi connectivity index (χ1) is 7.12. The highest BCUT2D eigenvalue weighted by molar-refractivity contribution is 5.28. The molecule has 5 heteroatoms. The molecule has 0 amide bonds. The minimum atomic E-state index is -4.45. The van der Waals surface area contributed by atoms with Crippen LogP contribution in [0.15, 0.2) is 24.3 Å². The normalized spacial score (nSPS) is 14.9. The van der Waals surface area contributed by atoms with Crippen LogP contribution in [0.2, 0.25) is 0 Å². The van der Waals surface area contributed by atoms with Crippen LogP contribution in [0.3, 0.4) is 0 Å². The lowest BCUT2D eigenvalue weighted by molar-refractivity contribution is -0.137. The zero-order valence-corrected chi connectivity index (χ0v) is 8.92. The maximum absolute atomic E-state index is 12.4. The maximum atomic E-state index is 12.4. The topological polar surface area (TPSA) is 40.5 Å². The van der Waals surface area contributed by atoms with Crippen LogP contribution in [0.4, 0.5) is 13.2 Å². The molecular formula is C11H13F3O2. The van der Waals surface area contributed by atoms with Crippen molar-refractivity contribution in [2.24, 2.45) is 0 Å². The third kappa shape index (κ3) is 2.96. The van der Waals surface area contributed by atoms with Crippen LogP contribution < -0.4 is 0 Å². The number of aliphatic hydroxyl groups excluding tert-OH is 1. The molecule has 0 saturated heterocycles. The predicted octanol–water partition coefficient (Wildman–Crippen LogP) is 2.51. The van der Waals surface area contributed by atoms with Crippen LogP contribution in [0.1, 0.15) is 31.1 Å². The molecule has 0 aliphatic rings. The second-order valence-electron chi connectivity index (χ2n) is 4.18. The van der Waals surface area contributed by atoms with E-state index in [1.54, 1.807) is 0 Å². The van der Waals surface area contributed by atoms with Gasteiger partial charge in [-0.25, -0.2) is 0 Å². The molecule has 0 aliphatic carbocycles. The second-order valence-corrected chi connectivity index (χ2v) is 4.18. The number of aliphatic hydroxyl groups is 2. The van der Waals surface area contributed by atoms with Crippen molar-refractivity contribution < 1.29 is 23.4 Å². The summed E-state index contributed by atoms with van der Waals surface area (Å²) >= 11 is 0. The van der Waals surface area contributed by atoms with Crippen molar-refractivity contribution in [3.8, 4) is 0 Å². The average molecular weight is 234 g/mol. The highest BCUT2D eigenvalue weighted by atomic mass is 19.4. The largest absolute Gasteiger partial charge is 0.416 e. The Bertz CT molecular complexity index is 366. The first-order valence-corrected chi connectivity index (χ1v) is 4.70. The lowest BCUT2D eigenvalue weighted by Crippen LogP contribution is -2.28. The molecule has 0 radical (unpaired) electrons. The number of rotatable bonds is 2. The standard InChI is InChI=1S/C11H13F3O2/c1-10(2,16)9(15)7-4-3-5-8(6-7)11(12,13)14/h3-6,9,15-16H,1-2H3. The highest BCUT2D eigenvalue weighted by Crippen LogP contribution is 2.32. The van der Waals surface area contributed by atoms with Crippen molar-refractivity contribution >= 4 is 0 Å². The molecule has 0 saturated carbocycles. The van der Waals surface area contributed by atoms with E-state index in [0.29, 0.717) is 0 Å². The molecule has 1 aromatic rings. The van der Waals surface area contributed by atoms with E-state index >= 15 is 0 Å². The van der Waals surface area contributed by atoms with Gasteiger partial charge in [-0.1, -0.05) is 12.1 Å². The van der Waals surface area contributed by atoms with Crippen LogP contribution in [0.5, 0.6) is 0 Å². The van der Waals surface area contributed by atoms with Gasteiger partial charge in [-0.15, -0.1) is 0 Å². The molecule has 0 spiro atoms. The number of halogens is 3. The van der Waals surface area contributed by atoms with Gasteiger partial charge in [0.1, 0.15) is 6.10 Å². The summed E-state index contributed by atoms with van der Waals surface area (Å²) in [5.74, 6) is 0. The van der Waals surface area contributed by atoms with E-state index in [9.17, 15) is 23.4 Å². The van der Waals surface area contributed by atoms with Crippen LogP contribution in [0, 0.1) is 0 Å². The van der Waals surface area contributed by atoms with Crippen LogP contribution in [0.25, 0.3) is 0 Å². The van der Waals surface area contributed by atoms with Crippen molar-refractivity contribution in [3.05, 3.63) is 35.4 Å². The molecule has 2 nitrogen and oxygen atoms in total. The van der Waals surface area contributed by atoms with Crippen LogP contribution >= 0.6 is 0 Å². The van der Waals surface area contributed by atoms with E-state index in [4.69, 9.17) is 0 Å². The fraction of sp³-hybridized carbons (Fsp3) is 0.455. The van der Waals surface area contributed by atoms with Gasteiger partial charge in [-0.05, 0) is 31.5 Å². The molecule has 16 heavy (non-hydrogen) atoms. The summed E-state index contributed by atoms with van der Waals surface area (Å²) in [6.07, 6.45) is -5.80. The third-order valence-corrected chi connectivity index (χ3v) is 2.20. The molecule has 0 aliphatic heterocycles. The smallest absolute Gasteiger partial charge is 0.387 e. The lowest BCUT2D eigenvalue weighted by atomic mass is 9.94. The van der Waals surface area contributed by atoms with E-state index in [2.05, 4.69) is 0 Å². The summed E-state index contributed by atoms with van der Waals surface area (Å²) in [6.45, 7) is 2.66. The molecule has 90 valence electrons. The third-order valence-electron chi connectivity index (χ3n) is 2.20. The molecule has 0 heterocycles. The molecule has 1 aromatic carbocycles. The Labute approximate surface area is 91.3 Å². The number of alkyl halides is 3. The molecule has 0 bridgehead atoms. The predicted molar refractivity (Wildman–Crippen MR) is 52.7 cm³/mol. The van der Waals surface area contributed by atoms with Gasteiger partial charge in [0.05, 0.1) is 11.2 Å². The zero-order valence-electron chi connectivity index (χ0n) is 8.92. The monoisotopic (exact) mass is 234 g/mol. The summed E-state index contributed by atoms with van der Waals surface area (Å²) in [5.41, 5.74) is -2.28. The summed E-state index contributed by atoms with van der Waals surface area (Å²) in [6, 6.07) is 4.30. The average Bonchev–Trinajstić information content (AvgIpc) is 2.14. The van der Waals surface area contributed by atoms with E-state index in [1.165, 1.54) is 26.0 Å². The summed E-state index contributed by atoms with van der Waals surface area (Å²) in [5, 5.41) is 19.1. The molecular weight excluding hydrogens is 221 g/mol. The number of hydrogen-bond acceptors (Lipinski definition) is 2. The molecule has 2 N–H and O–H groups in total. The quantitative estimate of drug-likeness (QED) is 0.825. The molecule has 0 fully saturated rings. The number of hydrogen-bond donors (Lipinski definition) is 2. The number of benzene rings is 1. The van der Waals surface area contributed by atoms with E-state index in [0.717, 1.165) is 12.1 Å². The van der Waals surface area contributed by atoms with Crippen LogP contribution in [-0.2, 0) is 6.18 Å². The van der Waals surface area contributed by atoms with E-state index in [1.807, 2.05) is 0 Å². The summed E-state index contributed by atoms with van der Waals surface area (Å²) in [4.78, 5) is 0. The Hall–Kier alpha value is -1.07. The Morgan fingerprint density at radius 3 is 2.19 bits per heavy atom. The van der Waals surface area contributed by atoms with Gasteiger partial charge in [0.2, 0.25) is 0 Å². The molecule has 1 atom stereocenters. The lowest BCUT2D eigenvalue weighted by Gasteiger charge is -2.25. The Morgan fingerprint density at radius 1 is 1.19 bits per heavy atom. The molecule has 0 aromatic heterocycles. The van der Waals surface area contributed by atoms with Gasteiger partial charge < -0.3 is 10.2 Å². The SMILES string of the molecule is CC(C)(O)C(O)c1cccc(C(F)(F)F)c1. The van der Waals surface area contributed by atoms with Crippen molar-refractivity contribution in [2.45, 2.75) is 31.7 Å². The van der Waals surface area contributed by atoms with Crippen LogP contribution in [-0.4, -0.2) is 15.8 Å². The van der Waals surface area contributed by atoms with Gasteiger partial charge in [-0.3, -0.25) is 0 Å². The highest BCUT2D eigenvalue weighted by Gasteiger charge is 2.32. The van der Waals surface area contributed by atoms with Gasteiger partial charge in [0.15, 0.2) is 0 Å². The Balaban J connectivity index is 3.09. The summed E-state index contributed by atoms with van der Waals surface area (Å²) < 4.78 is 37.2. The van der Waals surface area contributed by atoms with E-state index < -0.39 is 23.4 Å². The minimum Gasteiger partial charge on any atom is -0.387 e. The van der Waals surface area contributed by atoms with Gasteiger partial charge in [0, 0.05) is 0 Å². The molecule has 1 unspecified atom stereocenters. The van der Waals surface area contributed by atoms with Gasteiger partial charge in [-0.2, -0.15) is 13.2 Å². The maximum Gasteiger partial charge on any atom is 0.416 e. The zero-order chi connectivity index (χ0) is 12.6. The van der Waals surface area contributed by atoms with Gasteiger partial charge in [0.25, 0.3) is 0 Å². The first kappa shape index (κ1) is 13.0. The minimum absolute atomic E-state index is 0.0438. The first-order valence-electron chi connectivity index (χ1n) is 4.70. The Morgan fingerprint density at radius 2 is 1.75 bits per heavy atom. The fourth-order valence-electron chi connectivity index (χ4n) is 1.29. The second kappa shape index (κ2) is 4.07. The van der Waals surface area contributed by atoms with E-state index in [-0.39, 0.29) is 5.56 Å². The van der Waals surface area contributed by atoms with Crippen molar-refractivity contribution in [2.75, 3.05) is 0 Å². The Kier molecular flexibility index (Phi) is 3.30. The summed E-state index contributed by atoms with van der Waals surface area (Å²) in [7, 11) is 0.